The van der Waals surface area contributed by atoms with Crippen LogP contribution in [-0.2, 0) is 14.3 Å². The van der Waals surface area contributed by atoms with Crippen LogP contribution in [0.25, 0.3) is 6.08 Å². The Balaban J connectivity index is 3.22. The molecule has 0 saturated carbocycles. The van der Waals surface area contributed by atoms with Crippen LogP contribution >= 0.6 is 15.9 Å². The number of carbonyl (C=O) groups is 2. The first-order chi connectivity index (χ1) is 7.95. The van der Waals surface area contributed by atoms with Gasteiger partial charge in [0.25, 0.3) is 0 Å². The van der Waals surface area contributed by atoms with Gasteiger partial charge in [-0.25, -0.2) is 9.18 Å². The zero-order chi connectivity index (χ0) is 13.0. The van der Waals surface area contributed by atoms with Crippen LogP contribution in [0, 0.1) is 5.82 Å². The topological polar surface area (TPSA) is 43.4 Å². The lowest BCUT2D eigenvalue weighted by atomic mass is 10.1. The van der Waals surface area contributed by atoms with Gasteiger partial charge in [-0.3, -0.25) is 4.79 Å². The molecule has 0 aliphatic rings. The molecular formula is C12H10BrFO3. The predicted octanol–water partition coefficient (Wildman–Crippen LogP) is 2.73. The van der Waals surface area contributed by atoms with Gasteiger partial charge in [0, 0.05) is 4.47 Å². The molecule has 0 heterocycles. The summed E-state index contributed by atoms with van der Waals surface area (Å²) < 4.78 is 17.8. The second kappa shape index (κ2) is 5.72. The number of ketones is 1. The third kappa shape index (κ3) is 3.49. The lowest BCUT2D eigenvalue weighted by Crippen LogP contribution is -2.11. The molecule has 5 heteroatoms. The van der Waals surface area contributed by atoms with Gasteiger partial charge >= 0.3 is 5.97 Å². The van der Waals surface area contributed by atoms with Crippen molar-refractivity contribution < 1.29 is 18.7 Å². The van der Waals surface area contributed by atoms with Crippen LogP contribution < -0.4 is 0 Å². The van der Waals surface area contributed by atoms with Crippen LogP contribution in [0.4, 0.5) is 4.39 Å². The number of methoxy groups -OCH3 is 1. The first kappa shape index (κ1) is 13.6. The van der Waals surface area contributed by atoms with E-state index in [0.29, 0.717) is 10.0 Å². The minimum atomic E-state index is -0.714. The number of ether oxygens (including phenoxy) is 1. The zero-order valence-electron chi connectivity index (χ0n) is 9.29. The molecule has 1 aromatic rings. The highest BCUT2D eigenvalue weighted by Gasteiger charge is 2.15. The molecule has 0 amide bonds. The predicted molar refractivity (Wildman–Crippen MR) is 64.8 cm³/mol. The third-order valence-corrected chi connectivity index (χ3v) is 2.73. The summed E-state index contributed by atoms with van der Waals surface area (Å²) in [5.74, 6) is -1.53. The minimum Gasteiger partial charge on any atom is -0.465 e. The average molecular weight is 301 g/mol. The van der Waals surface area contributed by atoms with Gasteiger partial charge in [-0.2, -0.15) is 0 Å². The fourth-order valence-corrected chi connectivity index (χ4v) is 1.65. The van der Waals surface area contributed by atoms with E-state index in [4.69, 9.17) is 0 Å². The van der Waals surface area contributed by atoms with Gasteiger partial charge in [-0.05, 0) is 30.7 Å². The first-order valence-corrected chi connectivity index (χ1v) is 5.51. The number of hydrogen-bond donors (Lipinski definition) is 0. The molecular weight excluding hydrogens is 291 g/mol. The molecule has 0 aliphatic carbocycles. The normalized spacial score (nSPS) is 11.2. The summed E-state index contributed by atoms with van der Waals surface area (Å²) in [5, 5.41) is 0. The van der Waals surface area contributed by atoms with E-state index in [2.05, 4.69) is 20.7 Å². The minimum absolute atomic E-state index is 0.0835. The molecule has 0 bridgehead atoms. The van der Waals surface area contributed by atoms with Crippen LogP contribution in [-0.4, -0.2) is 18.9 Å². The first-order valence-electron chi connectivity index (χ1n) is 4.71. The van der Waals surface area contributed by atoms with Crippen molar-refractivity contribution in [3.05, 3.63) is 39.6 Å². The lowest BCUT2D eigenvalue weighted by Gasteiger charge is -2.03. The van der Waals surface area contributed by atoms with Crippen LogP contribution in [0.2, 0.25) is 0 Å². The second-order valence-corrected chi connectivity index (χ2v) is 4.13. The summed E-state index contributed by atoms with van der Waals surface area (Å²) in [6, 6.07) is 3.96. The van der Waals surface area contributed by atoms with E-state index in [9.17, 15) is 14.0 Å². The second-order valence-electron chi connectivity index (χ2n) is 3.27. The maximum Gasteiger partial charge on any atom is 0.341 e. The molecule has 3 nitrogen and oxygen atoms in total. The van der Waals surface area contributed by atoms with Crippen LogP contribution in [0.15, 0.2) is 28.2 Å². The summed E-state index contributed by atoms with van der Waals surface area (Å²) >= 11 is 3.15. The Morgan fingerprint density at radius 1 is 1.41 bits per heavy atom. The van der Waals surface area contributed by atoms with Crippen LogP contribution in [0.3, 0.4) is 0 Å². The van der Waals surface area contributed by atoms with Crippen LogP contribution in [0.5, 0.6) is 0 Å². The summed E-state index contributed by atoms with van der Waals surface area (Å²) in [5.41, 5.74) is 0.446. The Bertz CT molecular complexity index is 495. The number of carbonyl (C=O) groups excluding carboxylic acids is 2. The van der Waals surface area contributed by atoms with Gasteiger partial charge in [0.2, 0.25) is 0 Å². The van der Waals surface area contributed by atoms with Gasteiger partial charge in [0.05, 0.1) is 7.11 Å². The lowest BCUT2D eigenvalue weighted by molar-refractivity contribution is -0.137. The van der Waals surface area contributed by atoms with E-state index in [0.717, 1.165) is 0 Å². The molecule has 1 aromatic carbocycles. The van der Waals surface area contributed by atoms with Gasteiger partial charge < -0.3 is 4.74 Å². The zero-order valence-corrected chi connectivity index (χ0v) is 10.9. The largest absolute Gasteiger partial charge is 0.465 e. The monoisotopic (exact) mass is 300 g/mol. The fraction of sp³-hybridized carbons (Fsp3) is 0.167. The highest BCUT2D eigenvalue weighted by molar-refractivity contribution is 9.10. The number of benzene rings is 1. The molecule has 0 fully saturated rings. The van der Waals surface area contributed by atoms with Gasteiger partial charge in [0.1, 0.15) is 11.4 Å². The number of hydrogen-bond acceptors (Lipinski definition) is 3. The van der Waals surface area contributed by atoms with Crippen molar-refractivity contribution in [3.8, 4) is 0 Å². The molecule has 0 aliphatic heterocycles. The Morgan fingerprint density at radius 2 is 2.06 bits per heavy atom. The van der Waals surface area contributed by atoms with Crippen LogP contribution in [0.1, 0.15) is 12.5 Å². The average Bonchev–Trinajstić information content (AvgIpc) is 2.26. The van der Waals surface area contributed by atoms with Crippen molar-refractivity contribution in [2.75, 3.05) is 7.11 Å². The van der Waals surface area contributed by atoms with Crippen molar-refractivity contribution in [1.29, 1.82) is 0 Å². The summed E-state index contributed by atoms with van der Waals surface area (Å²) in [6.07, 6.45) is 1.36. The molecule has 0 N–H and O–H groups in total. The number of esters is 1. The number of rotatable bonds is 3. The molecule has 1 rings (SSSR count). The van der Waals surface area contributed by atoms with Crippen molar-refractivity contribution in [1.82, 2.24) is 0 Å². The van der Waals surface area contributed by atoms with E-state index in [1.165, 1.54) is 38.3 Å². The molecule has 0 saturated heterocycles. The molecule has 17 heavy (non-hydrogen) atoms. The summed E-state index contributed by atoms with van der Waals surface area (Å²) in [7, 11) is 1.19. The molecule has 90 valence electrons. The van der Waals surface area contributed by atoms with E-state index in [1.54, 1.807) is 0 Å². The molecule has 0 unspecified atom stereocenters. The van der Waals surface area contributed by atoms with Crippen molar-refractivity contribution >= 4 is 33.8 Å². The van der Waals surface area contributed by atoms with Crippen molar-refractivity contribution in [2.24, 2.45) is 0 Å². The Hall–Kier alpha value is -1.49. The molecule has 0 aromatic heterocycles. The Kier molecular flexibility index (Phi) is 4.57. The smallest absolute Gasteiger partial charge is 0.341 e. The van der Waals surface area contributed by atoms with E-state index in [1.807, 2.05) is 0 Å². The maximum atomic E-state index is 12.9. The quantitative estimate of drug-likeness (QED) is 0.373. The Labute approximate surface area is 106 Å². The maximum absolute atomic E-state index is 12.9. The van der Waals surface area contributed by atoms with E-state index >= 15 is 0 Å². The SMILES string of the molecule is COC(=O)/C(=C\c1ccc(F)cc1Br)C(C)=O. The van der Waals surface area contributed by atoms with Crippen molar-refractivity contribution in [3.63, 3.8) is 0 Å². The highest BCUT2D eigenvalue weighted by atomic mass is 79.9. The van der Waals surface area contributed by atoms with Gasteiger partial charge in [-0.1, -0.05) is 22.0 Å². The molecule has 0 atom stereocenters. The van der Waals surface area contributed by atoms with E-state index in [-0.39, 0.29) is 5.57 Å². The van der Waals surface area contributed by atoms with Gasteiger partial charge in [0.15, 0.2) is 5.78 Å². The van der Waals surface area contributed by atoms with Gasteiger partial charge in [-0.15, -0.1) is 0 Å². The molecule has 0 spiro atoms. The third-order valence-electron chi connectivity index (χ3n) is 2.05. The standard InChI is InChI=1S/C12H10BrFO3/c1-7(15)10(12(16)17-2)5-8-3-4-9(14)6-11(8)13/h3-6H,1-2H3/b10-5-. The van der Waals surface area contributed by atoms with E-state index < -0.39 is 17.6 Å². The van der Waals surface area contributed by atoms with Crippen molar-refractivity contribution in [2.45, 2.75) is 6.92 Å². The summed E-state index contributed by atoms with van der Waals surface area (Å²) in [4.78, 5) is 22.6. The Morgan fingerprint density at radius 3 is 2.53 bits per heavy atom. The number of halogens is 2. The summed E-state index contributed by atoms with van der Waals surface area (Å²) in [6.45, 7) is 1.26. The molecule has 0 radical (unpaired) electrons. The number of Topliss-reactive ketones (excluding diaryl/α,β-unsaturated/α-hetero) is 1. The fourth-order valence-electron chi connectivity index (χ4n) is 1.19. The highest BCUT2D eigenvalue weighted by Crippen LogP contribution is 2.21.